The minimum absolute atomic E-state index is 0. The smallest absolute Gasteiger partial charge is 0.373 e. The van der Waals surface area contributed by atoms with Gasteiger partial charge in [-0.3, -0.25) is 0 Å². The van der Waals surface area contributed by atoms with Gasteiger partial charge >= 0.3 is 5.97 Å². The Morgan fingerprint density at radius 3 is 2.62 bits per heavy atom. The van der Waals surface area contributed by atoms with Crippen molar-refractivity contribution >= 4 is 41.9 Å². The van der Waals surface area contributed by atoms with Crippen LogP contribution in [0.15, 0.2) is 40.0 Å². The van der Waals surface area contributed by atoms with Crippen molar-refractivity contribution in [2.75, 3.05) is 38.2 Å². The summed E-state index contributed by atoms with van der Waals surface area (Å²) in [6.45, 7) is 3.28. The Morgan fingerprint density at radius 1 is 1.27 bits per heavy atom. The van der Waals surface area contributed by atoms with Crippen molar-refractivity contribution in [2.45, 2.75) is 6.54 Å². The van der Waals surface area contributed by atoms with Gasteiger partial charge in [-0.1, -0.05) is 0 Å². The SMILES string of the molecule is COC(=O)c1ccc(CN=C(N)N2CCN(c3ncccn3)CC2)o1.I. The lowest BCUT2D eigenvalue weighted by molar-refractivity contribution is 0.0563. The predicted octanol–water partition coefficient (Wildman–Crippen LogP) is 1.11. The molecule has 0 unspecified atom stereocenters. The number of methoxy groups -OCH3 is 1. The summed E-state index contributed by atoms with van der Waals surface area (Å²) in [4.78, 5) is 28.3. The first-order valence-electron chi connectivity index (χ1n) is 7.91. The normalized spacial score (nSPS) is 14.7. The molecular formula is C16H21IN6O3. The van der Waals surface area contributed by atoms with Gasteiger partial charge in [-0.2, -0.15) is 0 Å². The number of esters is 1. The van der Waals surface area contributed by atoms with Gasteiger partial charge in [0.25, 0.3) is 0 Å². The largest absolute Gasteiger partial charge is 0.463 e. The van der Waals surface area contributed by atoms with E-state index in [9.17, 15) is 4.79 Å². The van der Waals surface area contributed by atoms with E-state index in [2.05, 4.69) is 24.6 Å². The second-order valence-electron chi connectivity index (χ2n) is 5.45. The maximum absolute atomic E-state index is 11.4. The van der Waals surface area contributed by atoms with Gasteiger partial charge in [-0.15, -0.1) is 24.0 Å². The number of nitrogens with two attached hydrogens (primary N) is 1. The van der Waals surface area contributed by atoms with Gasteiger partial charge in [0.15, 0.2) is 5.96 Å². The molecule has 0 radical (unpaired) electrons. The summed E-state index contributed by atoms with van der Waals surface area (Å²) in [7, 11) is 1.31. The summed E-state index contributed by atoms with van der Waals surface area (Å²) < 4.78 is 9.97. The number of hydrogen-bond donors (Lipinski definition) is 1. The molecule has 0 aliphatic carbocycles. The molecule has 3 heterocycles. The molecule has 0 spiro atoms. The van der Waals surface area contributed by atoms with Crippen LogP contribution in [0.2, 0.25) is 0 Å². The quantitative estimate of drug-likeness (QED) is 0.305. The molecule has 1 aliphatic heterocycles. The van der Waals surface area contributed by atoms with Crippen LogP contribution >= 0.6 is 24.0 Å². The molecule has 26 heavy (non-hydrogen) atoms. The van der Waals surface area contributed by atoms with E-state index in [0.717, 1.165) is 32.1 Å². The number of anilines is 1. The fourth-order valence-corrected chi connectivity index (χ4v) is 2.52. The Balaban J connectivity index is 0.00000243. The summed E-state index contributed by atoms with van der Waals surface area (Å²) >= 11 is 0. The van der Waals surface area contributed by atoms with E-state index in [0.29, 0.717) is 11.7 Å². The van der Waals surface area contributed by atoms with Crippen LogP contribution in [0.1, 0.15) is 16.3 Å². The van der Waals surface area contributed by atoms with Crippen LogP contribution in [-0.4, -0.2) is 60.1 Å². The van der Waals surface area contributed by atoms with Crippen molar-refractivity contribution in [3.05, 3.63) is 42.1 Å². The summed E-state index contributed by atoms with van der Waals surface area (Å²) in [5.74, 6) is 1.37. The van der Waals surface area contributed by atoms with E-state index in [4.69, 9.17) is 10.2 Å². The Morgan fingerprint density at radius 2 is 1.96 bits per heavy atom. The molecular weight excluding hydrogens is 451 g/mol. The number of rotatable bonds is 4. The molecule has 2 N–H and O–H groups in total. The zero-order chi connectivity index (χ0) is 17.6. The highest BCUT2D eigenvalue weighted by Crippen LogP contribution is 2.12. The number of carbonyl (C=O) groups excluding carboxylic acids is 1. The van der Waals surface area contributed by atoms with Gasteiger partial charge in [0.05, 0.1) is 7.11 Å². The summed E-state index contributed by atoms with van der Waals surface area (Å²) in [6, 6.07) is 5.05. The first kappa shape index (κ1) is 19.9. The molecule has 0 amide bonds. The highest BCUT2D eigenvalue weighted by Gasteiger charge is 2.20. The van der Waals surface area contributed by atoms with Gasteiger partial charge in [0, 0.05) is 38.6 Å². The first-order chi connectivity index (χ1) is 12.2. The second kappa shape index (κ2) is 9.36. The van der Waals surface area contributed by atoms with Crippen LogP contribution in [-0.2, 0) is 11.3 Å². The number of furan rings is 1. The summed E-state index contributed by atoms with van der Waals surface area (Å²) in [6.07, 6.45) is 3.47. The Kier molecular flexibility index (Phi) is 7.18. The first-order valence-corrected chi connectivity index (χ1v) is 7.91. The lowest BCUT2D eigenvalue weighted by Gasteiger charge is -2.35. The van der Waals surface area contributed by atoms with E-state index in [-0.39, 0.29) is 36.3 Å². The van der Waals surface area contributed by atoms with Gasteiger partial charge in [-0.05, 0) is 18.2 Å². The van der Waals surface area contributed by atoms with Crippen LogP contribution in [0.25, 0.3) is 0 Å². The molecule has 9 nitrogen and oxygen atoms in total. The van der Waals surface area contributed by atoms with Gasteiger partial charge in [-0.25, -0.2) is 19.8 Å². The van der Waals surface area contributed by atoms with E-state index >= 15 is 0 Å². The zero-order valence-electron chi connectivity index (χ0n) is 14.4. The number of aromatic nitrogens is 2. The Hall–Kier alpha value is -2.37. The number of ether oxygens (including phenoxy) is 1. The Labute approximate surface area is 168 Å². The van der Waals surface area contributed by atoms with Crippen LogP contribution in [0.4, 0.5) is 5.95 Å². The number of halogens is 1. The van der Waals surface area contributed by atoms with Crippen molar-refractivity contribution in [3.8, 4) is 0 Å². The molecule has 1 saturated heterocycles. The van der Waals surface area contributed by atoms with Crippen LogP contribution in [0.3, 0.4) is 0 Å². The molecule has 3 rings (SSSR count). The molecule has 0 bridgehead atoms. The van der Waals surface area contributed by atoms with Crippen molar-refractivity contribution in [1.29, 1.82) is 0 Å². The minimum Gasteiger partial charge on any atom is -0.463 e. The average Bonchev–Trinajstić information content (AvgIpc) is 3.15. The fraction of sp³-hybridized carbons (Fsp3) is 0.375. The Bertz CT molecular complexity index is 743. The molecule has 140 valence electrons. The molecule has 2 aromatic heterocycles. The van der Waals surface area contributed by atoms with Crippen LogP contribution in [0.5, 0.6) is 0 Å². The number of aliphatic imine (C=N–C) groups is 1. The lowest BCUT2D eigenvalue weighted by Crippen LogP contribution is -2.51. The van der Waals surface area contributed by atoms with Crippen LogP contribution < -0.4 is 10.6 Å². The molecule has 2 aromatic rings. The van der Waals surface area contributed by atoms with E-state index in [1.54, 1.807) is 30.6 Å². The third-order valence-electron chi connectivity index (χ3n) is 3.88. The van der Waals surface area contributed by atoms with Gasteiger partial charge in [0.1, 0.15) is 12.3 Å². The third-order valence-corrected chi connectivity index (χ3v) is 3.88. The predicted molar refractivity (Wildman–Crippen MR) is 107 cm³/mol. The molecule has 1 aliphatic rings. The van der Waals surface area contributed by atoms with E-state index in [1.807, 2.05) is 4.90 Å². The van der Waals surface area contributed by atoms with Crippen LogP contribution in [0, 0.1) is 0 Å². The minimum atomic E-state index is -0.512. The topological polar surface area (TPSA) is 110 Å². The summed E-state index contributed by atoms with van der Waals surface area (Å²) in [5, 5.41) is 0. The van der Waals surface area contributed by atoms with Crippen molar-refractivity contribution in [3.63, 3.8) is 0 Å². The van der Waals surface area contributed by atoms with Gasteiger partial charge < -0.3 is 24.7 Å². The monoisotopic (exact) mass is 472 g/mol. The number of guanidine groups is 1. The van der Waals surface area contributed by atoms with Crippen molar-refractivity contribution in [1.82, 2.24) is 14.9 Å². The zero-order valence-corrected chi connectivity index (χ0v) is 16.7. The average molecular weight is 472 g/mol. The molecule has 0 atom stereocenters. The maximum atomic E-state index is 11.4. The number of piperazine rings is 1. The molecule has 1 fully saturated rings. The standard InChI is InChI=1S/C16H20N6O3.HI/c1-24-14(23)13-4-3-12(25-13)11-20-15(17)21-7-9-22(10-8-21)16-18-5-2-6-19-16;/h2-6H,7-11H2,1H3,(H2,17,20);1H. The molecule has 10 heteroatoms. The number of carbonyl (C=O) groups is 1. The number of hydrogen-bond acceptors (Lipinski definition) is 7. The van der Waals surface area contributed by atoms with Gasteiger partial charge in [0.2, 0.25) is 11.7 Å². The van der Waals surface area contributed by atoms with E-state index < -0.39 is 5.97 Å². The molecule has 0 saturated carbocycles. The highest BCUT2D eigenvalue weighted by molar-refractivity contribution is 14.0. The number of nitrogens with zero attached hydrogens (tertiary/aromatic N) is 5. The van der Waals surface area contributed by atoms with Crippen molar-refractivity contribution < 1.29 is 13.9 Å². The third kappa shape index (κ3) is 4.84. The molecule has 0 aromatic carbocycles. The summed E-state index contributed by atoms with van der Waals surface area (Å²) in [5.41, 5.74) is 6.07. The highest BCUT2D eigenvalue weighted by atomic mass is 127. The van der Waals surface area contributed by atoms with E-state index in [1.165, 1.54) is 7.11 Å². The lowest BCUT2D eigenvalue weighted by atomic mass is 10.3. The van der Waals surface area contributed by atoms with Crippen molar-refractivity contribution in [2.24, 2.45) is 10.7 Å². The second-order valence-corrected chi connectivity index (χ2v) is 5.45. The maximum Gasteiger partial charge on any atom is 0.373 e. The fourth-order valence-electron chi connectivity index (χ4n) is 2.52.